The Bertz CT molecular complexity index is 762. The van der Waals surface area contributed by atoms with Gasteiger partial charge in [-0.3, -0.25) is 9.59 Å². The maximum atomic E-state index is 12.5. The summed E-state index contributed by atoms with van der Waals surface area (Å²) in [6, 6.07) is 1.65. The zero-order valence-corrected chi connectivity index (χ0v) is 14.4. The van der Waals surface area contributed by atoms with E-state index in [0.29, 0.717) is 47.9 Å². The van der Waals surface area contributed by atoms with E-state index < -0.39 is 0 Å². The van der Waals surface area contributed by atoms with Gasteiger partial charge < -0.3 is 14.8 Å². The third-order valence-electron chi connectivity index (χ3n) is 4.83. The number of nitrogens with zero attached hydrogens (tertiary/aromatic N) is 4. The molecule has 1 N–H and O–H groups in total. The van der Waals surface area contributed by atoms with E-state index in [1.165, 1.54) is 11.5 Å². The fourth-order valence-electron chi connectivity index (χ4n) is 3.60. The molecule has 0 aromatic carbocycles. The van der Waals surface area contributed by atoms with E-state index in [-0.39, 0.29) is 11.8 Å². The Hall–Kier alpha value is -1.93. The molecule has 7 nitrogen and oxygen atoms in total. The first kappa shape index (κ1) is 15.6. The quantitative estimate of drug-likeness (QED) is 0.879. The molecule has 2 aliphatic heterocycles. The van der Waals surface area contributed by atoms with E-state index in [1.807, 2.05) is 9.80 Å². The van der Waals surface area contributed by atoms with Crippen LogP contribution in [0.3, 0.4) is 0 Å². The molecule has 9 heteroatoms. The van der Waals surface area contributed by atoms with Crippen molar-refractivity contribution in [3.05, 3.63) is 34.1 Å². The molecular weight excluding hydrogens is 350 g/mol. The van der Waals surface area contributed by atoms with E-state index in [1.54, 1.807) is 17.6 Å². The molecule has 4 rings (SSSR count). The molecule has 126 valence electrons. The Morgan fingerprint density at radius 2 is 2.00 bits per heavy atom. The number of rotatable bonds is 2. The molecule has 2 aliphatic rings. The van der Waals surface area contributed by atoms with E-state index in [9.17, 15) is 9.59 Å². The van der Waals surface area contributed by atoms with Gasteiger partial charge in [0.15, 0.2) is 5.69 Å². The Kier molecular flexibility index (Phi) is 4.01. The lowest BCUT2D eigenvalue weighted by Gasteiger charge is -2.33. The number of aromatic nitrogens is 3. The van der Waals surface area contributed by atoms with Crippen molar-refractivity contribution in [2.24, 2.45) is 11.8 Å². The number of aromatic amines is 1. The first-order valence-electron chi connectivity index (χ1n) is 7.81. The first-order chi connectivity index (χ1) is 11.6. The van der Waals surface area contributed by atoms with Gasteiger partial charge in [-0.25, -0.2) is 0 Å². The van der Waals surface area contributed by atoms with Gasteiger partial charge in [-0.15, -0.1) is 5.10 Å². The highest BCUT2D eigenvalue weighted by atomic mass is 35.5. The molecule has 0 spiro atoms. The number of hydrogen-bond acceptors (Lipinski definition) is 5. The summed E-state index contributed by atoms with van der Waals surface area (Å²) < 4.78 is 3.75. The summed E-state index contributed by atoms with van der Waals surface area (Å²) in [6.07, 6.45) is 2.52. The number of carbonyl (C=O) groups is 2. The normalized spacial score (nSPS) is 23.4. The maximum absolute atomic E-state index is 12.5. The van der Waals surface area contributed by atoms with E-state index >= 15 is 0 Å². The van der Waals surface area contributed by atoms with Crippen molar-refractivity contribution in [1.29, 1.82) is 0 Å². The van der Waals surface area contributed by atoms with E-state index in [4.69, 9.17) is 11.6 Å². The number of halogens is 1. The monoisotopic (exact) mass is 365 g/mol. The third kappa shape index (κ3) is 2.80. The van der Waals surface area contributed by atoms with Gasteiger partial charge in [0, 0.05) is 37.8 Å². The van der Waals surface area contributed by atoms with Crippen LogP contribution in [0, 0.1) is 11.8 Å². The fraction of sp³-hybridized carbons (Fsp3) is 0.467. The molecule has 2 atom stereocenters. The number of carbonyl (C=O) groups excluding carboxylic acids is 2. The minimum absolute atomic E-state index is 0.0335. The number of piperidine rings is 1. The van der Waals surface area contributed by atoms with Crippen molar-refractivity contribution in [2.75, 3.05) is 26.2 Å². The van der Waals surface area contributed by atoms with Crippen LogP contribution in [0.5, 0.6) is 0 Å². The molecule has 24 heavy (non-hydrogen) atoms. The van der Waals surface area contributed by atoms with Crippen molar-refractivity contribution < 1.29 is 9.59 Å². The zero-order chi connectivity index (χ0) is 16.7. The van der Waals surface area contributed by atoms with Gasteiger partial charge in [0.1, 0.15) is 5.69 Å². The highest BCUT2D eigenvalue weighted by Gasteiger charge is 2.40. The molecule has 4 heterocycles. The van der Waals surface area contributed by atoms with Gasteiger partial charge in [0.25, 0.3) is 11.8 Å². The van der Waals surface area contributed by atoms with Crippen LogP contribution in [-0.2, 0) is 0 Å². The Labute approximate surface area is 147 Å². The van der Waals surface area contributed by atoms with Crippen LogP contribution in [0.4, 0.5) is 0 Å². The van der Waals surface area contributed by atoms with E-state index in [0.717, 1.165) is 13.0 Å². The van der Waals surface area contributed by atoms with Crippen LogP contribution >= 0.6 is 23.1 Å². The smallest absolute Gasteiger partial charge is 0.275 e. The van der Waals surface area contributed by atoms with Gasteiger partial charge in [-0.05, 0) is 35.9 Å². The summed E-state index contributed by atoms with van der Waals surface area (Å²) in [4.78, 5) is 31.6. The molecule has 0 bridgehead atoms. The Morgan fingerprint density at radius 3 is 2.71 bits per heavy atom. The molecule has 2 aromatic heterocycles. The summed E-state index contributed by atoms with van der Waals surface area (Å²) in [7, 11) is 0. The van der Waals surface area contributed by atoms with Gasteiger partial charge in [-0.2, -0.15) is 0 Å². The molecule has 0 saturated carbocycles. The lowest BCUT2D eigenvalue weighted by Crippen LogP contribution is -2.43. The largest absolute Gasteiger partial charge is 0.356 e. The van der Waals surface area contributed by atoms with E-state index in [2.05, 4.69) is 14.6 Å². The van der Waals surface area contributed by atoms with Crippen molar-refractivity contribution in [2.45, 2.75) is 6.42 Å². The standard InChI is InChI=1S/C15H16ClN5O2S/c16-11-3-12(17-4-11)14(22)20-2-1-9-5-21(7-10(9)6-20)15(23)13-8-24-19-18-13/h3-4,8-10,17H,1-2,5-7H2/t9-,10+/m1/s1. The predicted octanol–water partition coefficient (Wildman–Crippen LogP) is 1.75. The molecule has 0 aliphatic carbocycles. The van der Waals surface area contributed by atoms with Gasteiger partial charge in [-0.1, -0.05) is 16.1 Å². The molecule has 0 radical (unpaired) electrons. The maximum Gasteiger partial charge on any atom is 0.275 e. The summed E-state index contributed by atoms with van der Waals surface area (Å²) in [6.45, 7) is 2.77. The average Bonchev–Trinajstić information content (AvgIpc) is 3.32. The molecule has 0 unspecified atom stereocenters. The zero-order valence-electron chi connectivity index (χ0n) is 12.8. The molecular formula is C15H16ClN5O2S. The highest BCUT2D eigenvalue weighted by molar-refractivity contribution is 7.03. The lowest BCUT2D eigenvalue weighted by atomic mass is 9.88. The summed E-state index contributed by atoms with van der Waals surface area (Å²) >= 11 is 7.06. The first-order valence-corrected chi connectivity index (χ1v) is 9.03. The second-order valence-electron chi connectivity index (χ2n) is 6.29. The second kappa shape index (κ2) is 6.18. The SMILES string of the molecule is O=C(c1csnn1)N1C[C@H]2CCN(C(=O)c3cc(Cl)c[nH]3)C[C@H]2C1. The number of hydrogen-bond donors (Lipinski definition) is 1. The van der Waals surface area contributed by atoms with Crippen LogP contribution in [-0.4, -0.2) is 62.4 Å². The second-order valence-corrected chi connectivity index (χ2v) is 7.34. The summed E-state index contributed by atoms with van der Waals surface area (Å²) in [5, 5.41) is 6.07. The average molecular weight is 366 g/mol. The Morgan fingerprint density at radius 1 is 1.21 bits per heavy atom. The van der Waals surface area contributed by atoms with Crippen LogP contribution in [0.25, 0.3) is 0 Å². The van der Waals surface area contributed by atoms with Crippen LogP contribution in [0.15, 0.2) is 17.6 Å². The van der Waals surface area contributed by atoms with Crippen molar-refractivity contribution in [3.8, 4) is 0 Å². The number of nitrogens with one attached hydrogen (secondary N) is 1. The van der Waals surface area contributed by atoms with Crippen molar-refractivity contribution in [1.82, 2.24) is 24.4 Å². The summed E-state index contributed by atoms with van der Waals surface area (Å²) in [5.74, 6) is 0.654. The molecule has 2 amide bonds. The van der Waals surface area contributed by atoms with Gasteiger partial charge in [0.05, 0.1) is 5.02 Å². The van der Waals surface area contributed by atoms with Gasteiger partial charge >= 0.3 is 0 Å². The van der Waals surface area contributed by atoms with Crippen LogP contribution in [0.1, 0.15) is 27.4 Å². The van der Waals surface area contributed by atoms with Crippen molar-refractivity contribution >= 4 is 34.9 Å². The van der Waals surface area contributed by atoms with Gasteiger partial charge in [0.2, 0.25) is 0 Å². The fourth-order valence-corrected chi connectivity index (χ4v) is 4.19. The number of fused-ring (bicyclic) bond motifs is 1. The predicted molar refractivity (Wildman–Crippen MR) is 89.1 cm³/mol. The molecule has 2 aromatic rings. The minimum Gasteiger partial charge on any atom is -0.356 e. The highest BCUT2D eigenvalue weighted by Crippen LogP contribution is 2.32. The topological polar surface area (TPSA) is 82.2 Å². The van der Waals surface area contributed by atoms with Crippen molar-refractivity contribution in [3.63, 3.8) is 0 Å². The molecule has 2 saturated heterocycles. The van der Waals surface area contributed by atoms with Crippen LogP contribution < -0.4 is 0 Å². The Balaban J connectivity index is 1.42. The number of amides is 2. The minimum atomic E-state index is -0.0628. The number of likely N-dealkylation sites (tertiary alicyclic amines) is 2. The lowest BCUT2D eigenvalue weighted by molar-refractivity contribution is 0.0637. The molecule has 2 fully saturated rings. The number of H-pyrrole nitrogens is 1. The third-order valence-corrected chi connectivity index (χ3v) is 5.56. The summed E-state index contributed by atoms with van der Waals surface area (Å²) in [5.41, 5.74) is 0.922. The van der Waals surface area contributed by atoms with Crippen LogP contribution in [0.2, 0.25) is 5.02 Å².